The molecular formula is C9H14O5. The lowest BCUT2D eigenvalue weighted by atomic mass is 10.1. The molecule has 5 heteroatoms. The Labute approximate surface area is 81.9 Å². The first-order valence-electron chi connectivity index (χ1n) is 4.38. The van der Waals surface area contributed by atoms with E-state index in [1.165, 1.54) is 13.8 Å². The van der Waals surface area contributed by atoms with Crippen LogP contribution in [-0.4, -0.2) is 28.3 Å². The molecule has 80 valence electrons. The molecule has 1 saturated heterocycles. The third-order valence-electron chi connectivity index (χ3n) is 1.85. The number of allylic oxidation sites excluding steroid dienone is 1. The lowest BCUT2D eigenvalue weighted by Gasteiger charge is -2.34. The molecule has 0 amide bonds. The maximum absolute atomic E-state index is 11.3. The second-order valence-electron chi connectivity index (χ2n) is 3.47. The van der Waals surface area contributed by atoms with E-state index in [1.54, 1.807) is 6.92 Å². The van der Waals surface area contributed by atoms with E-state index in [2.05, 4.69) is 0 Å². The first-order valence-corrected chi connectivity index (χ1v) is 4.38. The highest BCUT2D eigenvalue weighted by Crippen LogP contribution is 2.27. The van der Waals surface area contributed by atoms with Crippen molar-refractivity contribution in [1.29, 1.82) is 0 Å². The third-order valence-corrected chi connectivity index (χ3v) is 1.85. The van der Waals surface area contributed by atoms with Crippen molar-refractivity contribution in [2.24, 2.45) is 0 Å². The molecule has 14 heavy (non-hydrogen) atoms. The fourth-order valence-corrected chi connectivity index (χ4v) is 1.18. The van der Waals surface area contributed by atoms with E-state index >= 15 is 0 Å². The van der Waals surface area contributed by atoms with Crippen LogP contribution in [0.25, 0.3) is 0 Å². The van der Waals surface area contributed by atoms with Gasteiger partial charge in [-0.2, -0.15) is 0 Å². The quantitative estimate of drug-likeness (QED) is 0.374. The molecule has 1 fully saturated rings. The predicted molar refractivity (Wildman–Crippen MR) is 47.2 cm³/mol. The summed E-state index contributed by atoms with van der Waals surface area (Å²) in [6.07, 6.45) is -1.18. The average Bonchev–Trinajstić information content (AvgIpc) is 1.99. The SMILES string of the molecule is CC/C(O)=C1/C(=O)OC(C)(C)OC1O. The summed E-state index contributed by atoms with van der Waals surface area (Å²) in [6, 6.07) is 0. The molecule has 1 rings (SSSR count). The number of rotatable bonds is 1. The molecule has 0 bridgehead atoms. The third kappa shape index (κ3) is 2.05. The molecule has 1 atom stereocenters. The lowest BCUT2D eigenvalue weighted by Crippen LogP contribution is -2.44. The minimum absolute atomic E-state index is 0.210. The van der Waals surface area contributed by atoms with E-state index in [1.807, 2.05) is 0 Å². The molecule has 1 unspecified atom stereocenters. The predicted octanol–water partition coefficient (Wildman–Crippen LogP) is 0.836. The Bertz CT molecular complexity index is 279. The first kappa shape index (κ1) is 11.0. The highest BCUT2D eigenvalue weighted by atomic mass is 16.8. The molecule has 0 saturated carbocycles. The van der Waals surface area contributed by atoms with Gasteiger partial charge in [0.05, 0.1) is 0 Å². The number of hydrogen-bond acceptors (Lipinski definition) is 5. The molecule has 0 aliphatic carbocycles. The fourth-order valence-electron chi connectivity index (χ4n) is 1.18. The van der Waals surface area contributed by atoms with Gasteiger partial charge in [0.2, 0.25) is 5.79 Å². The second-order valence-corrected chi connectivity index (χ2v) is 3.47. The number of esters is 1. The van der Waals surface area contributed by atoms with Crippen LogP contribution in [-0.2, 0) is 14.3 Å². The summed E-state index contributed by atoms with van der Waals surface area (Å²) in [6.45, 7) is 4.67. The van der Waals surface area contributed by atoms with Crippen molar-refractivity contribution in [1.82, 2.24) is 0 Å². The van der Waals surface area contributed by atoms with E-state index in [9.17, 15) is 15.0 Å². The molecule has 5 nitrogen and oxygen atoms in total. The number of hydrogen-bond donors (Lipinski definition) is 2. The largest absolute Gasteiger partial charge is 0.512 e. The number of ether oxygens (including phenoxy) is 2. The molecule has 0 aromatic heterocycles. The minimum atomic E-state index is -1.42. The van der Waals surface area contributed by atoms with Crippen LogP contribution in [0.15, 0.2) is 11.3 Å². The van der Waals surface area contributed by atoms with Gasteiger partial charge in [0.25, 0.3) is 0 Å². The Hall–Kier alpha value is -1.07. The summed E-state index contributed by atoms with van der Waals surface area (Å²) in [4.78, 5) is 11.3. The fraction of sp³-hybridized carbons (Fsp3) is 0.667. The van der Waals surface area contributed by atoms with Gasteiger partial charge in [-0.05, 0) is 0 Å². The standard InChI is InChI=1S/C9H14O5/c1-4-5(10)6-7(11)13-9(2,3)14-8(6)12/h7,10-11H,4H2,1-3H3/b6-5-. The van der Waals surface area contributed by atoms with Crippen LogP contribution in [0.4, 0.5) is 0 Å². The zero-order valence-electron chi connectivity index (χ0n) is 8.40. The van der Waals surface area contributed by atoms with Gasteiger partial charge in [-0.3, -0.25) is 0 Å². The van der Waals surface area contributed by atoms with Gasteiger partial charge in [0.15, 0.2) is 6.29 Å². The zero-order chi connectivity index (χ0) is 10.9. The Kier molecular flexibility index (Phi) is 2.82. The van der Waals surface area contributed by atoms with Crippen molar-refractivity contribution in [2.45, 2.75) is 39.3 Å². The zero-order valence-corrected chi connectivity index (χ0v) is 8.40. The summed E-state index contributed by atoms with van der Waals surface area (Å²) in [7, 11) is 0. The maximum atomic E-state index is 11.3. The van der Waals surface area contributed by atoms with Crippen LogP contribution < -0.4 is 0 Å². The van der Waals surface area contributed by atoms with Gasteiger partial charge in [-0.1, -0.05) is 6.92 Å². The van der Waals surface area contributed by atoms with Crippen LogP contribution in [0.1, 0.15) is 27.2 Å². The molecular weight excluding hydrogens is 188 g/mol. The van der Waals surface area contributed by atoms with E-state index < -0.39 is 18.0 Å². The Morgan fingerprint density at radius 3 is 2.57 bits per heavy atom. The monoisotopic (exact) mass is 202 g/mol. The van der Waals surface area contributed by atoms with E-state index in [4.69, 9.17) is 9.47 Å². The van der Waals surface area contributed by atoms with Gasteiger partial charge in [0.1, 0.15) is 11.3 Å². The van der Waals surface area contributed by atoms with Crippen molar-refractivity contribution in [3.05, 3.63) is 11.3 Å². The number of aliphatic hydroxyl groups excluding tert-OH is 2. The summed E-state index contributed by atoms with van der Waals surface area (Å²) >= 11 is 0. The number of carbonyl (C=O) groups is 1. The van der Waals surface area contributed by atoms with Crippen LogP contribution in [0, 0.1) is 0 Å². The first-order chi connectivity index (χ1) is 6.37. The Balaban J connectivity index is 2.98. The maximum Gasteiger partial charge on any atom is 0.345 e. The van der Waals surface area contributed by atoms with Gasteiger partial charge in [-0.15, -0.1) is 0 Å². The highest BCUT2D eigenvalue weighted by molar-refractivity contribution is 5.90. The molecule has 2 N–H and O–H groups in total. The van der Waals surface area contributed by atoms with E-state index in [-0.39, 0.29) is 17.8 Å². The summed E-state index contributed by atoms with van der Waals surface area (Å²) in [5.74, 6) is -2.11. The minimum Gasteiger partial charge on any atom is -0.512 e. The van der Waals surface area contributed by atoms with Crippen LogP contribution in [0.2, 0.25) is 0 Å². The van der Waals surface area contributed by atoms with Crippen molar-refractivity contribution in [2.75, 3.05) is 0 Å². The topological polar surface area (TPSA) is 76.0 Å². The average molecular weight is 202 g/mol. The number of carbonyl (C=O) groups excluding carboxylic acids is 1. The van der Waals surface area contributed by atoms with Crippen molar-refractivity contribution >= 4 is 5.97 Å². The molecule has 0 aromatic carbocycles. The summed E-state index contributed by atoms with van der Waals surface area (Å²) < 4.78 is 9.81. The molecule has 0 spiro atoms. The van der Waals surface area contributed by atoms with Gasteiger partial charge in [-0.25, -0.2) is 4.79 Å². The molecule has 1 aliphatic heterocycles. The smallest absolute Gasteiger partial charge is 0.345 e. The number of aliphatic hydroxyl groups is 2. The van der Waals surface area contributed by atoms with Gasteiger partial charge >= 0.3 is 5.97 Å². The van der Waals surface area contributed by atoms with Crippen molar-refractivity contribution < 1.29 is 24.5 Å². The number of cyclic esters (lactones) is 1. The van der Waals surface area contributed by atoms with Gasteiger partial charge in [0, 0.05) is 20.3 Å². The van der Waals surface area contributed by atoms with Crippen LogP contribution >= 0.6 is 0 Å². The summed E-state index contributed by atoms with van der Waals surface area (Å²) in [5, 5.41) is 18.8. The Morgan fingerprint density at radius 1 is 1.57 bits per heavy atom. The molecule has 0 radical (unpaired) electrons. The molecule has 0 aromatic rings. The van der Waals surface area contributed by atoms with Crippen LogP contribution in [0.3, 0.4) is 0 Å². The highest BCUT2D eigenvalue weighted by Gasteiger charge is 2.40. The Morgan fingerprint density at radius 2 is 2.14 bits per heavy atom. The van der Waals surface area contributed by atoms with Crippen molar-refractivity contribution in [3.63, 3.8) is 0 Å². The van der Waals surface area contributed by atoms with E-state index in [0.717, 1.165) is 0 Å². The summed E-state index contributed by atoms with van der Waals surface area (Å²) in [5.41, 5.74) is -0.216. The van der Waals surface area contributed by atoms with Crippen LogP contribution in [0.5, 0.6) is 0 Å². The lowest BCUT2D eigenvalue weighted by molar-refractivity contribution is -0.280. The van der Waals surface area contributed by atoms with Crippen molar-refractivity contribution in [3.8, 4) is 0 Å². The second kappa shape index (κ2) is 3.59. The van der Waals surface area contributed by atoms with E-state index in [0.29, 0.717) is 0 Å². The molecule has 1 aliphatic rings. The molecule has 1 heterocycles. The van der Waals surface area contributed by atoms with Gasteiger partial charge < -0.3 is 19.7 Å². The normalized spacial score (nSPS) is 29.7.